The van der Waals surface area contributed by atoms with Gasteiger partial charge in [0.25, 0.3) is 0 Å². The predicted octanol–water partition coefficient (Wildman–Crippen LogP) is 0.894. The third-order valence-electron chi connectivity index (χ3n) is 1.23. The number of carbonyl (C=O) groups is 1. The average Bonchev–Trinajstić information content (AvgIpc) is 1.88. The van der Waals surface area contributed by atoms with Crippen molar-refractivity contribution >= 4 is 5.91 Å². The summed E-state index contributed by atoms with van der Waals surface area (Å²) in [5.74, 6) is -0.431. The minimum atomic E-state index is -0.431. The van der Waals surface area contributed by atoms with Gasteiger partial charge in [0.05, 0.1) is 0 Å². The second-order valence-corrected chi connectivity index (χ2v) is 2.14. The van der Waals surface area contributed by atoms with E-state index in [2.05, 4.69) is 6.07 Å². The maximum absolute atomic E-state index is 10.5. The molecule has 0 aromatic heterocycles. The van der Waals surface area contributed by atoms with Crippen molar-refractivity contribution in [3.8, 4) is 0 Å². The van der Waals surface area contributed by atoms with Gasteiger partial charge in [0, 0.05) is 5.56 Å². The topological polar surface area (TPSA) is 43.1 Å². The van der Waals surface area contributed by atoms with E-state index in [-0.39, 0.29) is 0 Å². The standard InChI is InChI=1S/C8H8NO/c1-6-2-4-7(5-3-6)8(9)10/h2-4H,1H3,(H2,9,10). The molecule has 1 rings (SSSR count). The molecule has 0 aliphatic rings. The fourth-order valence-electron chi connectivity index (χ4n) is 0.656. The second kappa shape index (κ2) is 2.52. The summed E-state index contributed by atoms with van der Waals surface area (Å²) in [4.78, 5) is 10.5. The zero-order valence-corrected chi connectivity index (χ0v) is 5.72. The minimum absolute atomic E-state index is 0.431. The Balaban J connectivity index is 3.00. The summed E-state index contributed by atoms with van der Waals surface area (Å²) in [6, 6.07) is 7.99. The van der Waals surface area contributed by atoms with E-state index in [0.29, 0.717) is 5.56 Å². The van der Waals surface area contributed by atoms with Gasteiger partial charge >= 0.3 is 0 Å². The second-order valence-electron chi connectivity index (χ2n) is 2.14. The first-order chi connectivity index (χ1) is 4.70. The lowest BCUT2D eigenvalue weighted by atomic mass is 10.1. The van der Waals surface area contributed by atoms with Crippen LogP contribution in [-0.4, -0.2) is 5.91 Å². The molecular weight excluding hydrogens is 126 g/mol. The zero-order valence-electron chi connectivity index (χ0n) is 5.72. The first kappa shape index (κ1) is 6.81. The Hall–Kier alpha value is -1.31. The number of benzene rings is 1. The normalized spacial score (nSPS) is 9.30. The van der Waals surface area contributed by atoms with Gasteiger partial charge in [-0.05, 0) is 19.1 Å². The van der Waals surface area contributed by atoms with E-state index in [9.17, 15) is 4.79 Å². The van der Waals surface area contributed by atoms with E-state index < -0.39 is 5.91 Å². The molecule has 2 heteroatoms. The summed E-state index contributed by atoms with van der Waals surface area (Å²) >= 11 is 0. The molecule has 0 saturated carbocycles. The van der Waals surface area contributed by atoms with Crippen LogP contribution >= 0.6 is 0 Å². The molecule has 1 aromatic carbocycles. The van der Waals surface area contributed by atoms with Crippen LogP contribution in [0.1, 0.15) is 15.9 Å². The SMILES string of the molecule is Cc1c[c]c(C(N)=O)cc1. The van der Waals surface area contributed by atoms with Gasteiger partial charge in [0.1, 0.15) is 0 Å². The highest BCUT2D eigenvalue weighted by molar-refractivity contribution is 5.92. The highest BCUT2D eigenvalue weighted by atomic mass is 16.1. The number of amides is 1. The van der Waals surface area contributed by atoms with Crippen molar-refractivity contribution in [1.82, 2.24) is 0 Å². The lowest BCUT2D eigenvalue weighted by molar-refractivity contribution is 0.1000. The first-order valence-electron chi connectivity index (χ1n) is 2.98. The van der Waals surface area contributed by atoms with Crippen molar-refractivity contribution in [3.05, 3.63) is 35.4 Å². The quantitative estimate of drug-likeness (QED) is 0.609. The monoisotopic (exact) mass is 134 g/mol. The summed E-state index contributed by atoms with van der Waals surface area (Å²) in [7, 11) is 0. The molecule has 2 N–H and O–H groups in total. The molecule has 0 atom stereocenters. The Bertz CT molecular complexity index is 238. The maximum Gasteiger partial charge on any atom is 0.249 e. The third kappa shape index (κ3) is 1.35. The average molecular weight is 134 g/mol. The van der Waals surface area contributed by atoms with Crippen LogP contribution in [0.2, 0.25) is 0 Å². The van der Waals surface area contributed by atoms with Crippen LogP contribution < -0.4 is 5.73 Å². The summed E-state index contributed by atoms with van der Waals surface area (Å²) in [5, 5.41) is 0. The summed E-state index contributed by atoms with van der Waals surface area (Å²) < 4.78 is 0. The molecule has 0 unspecified atom stereocenters. The molecule has 2 nitrogen and oxygen atoms in total. The highest BCUT2D eigenvalue weighted by Crippen LogP contribution is 1.99. The Kier molecular flexibility index (Phi) is 1.71. The van der Waals surface area contributed by atoms with Gasteiger partial charge in [-0.2, -0.15) is 0 Å². The van der Waals surface area contributed by atoms with Crippen molar-refractivity contribution in [3.63, 3.8) is 0 Å². The van der Waals surface area contributed by atoms with Crippen molar-refractivity contribution in [2.45, 2.75) is 6.92 Å². The Morgan fingerprint density at radius 2 is 2.30 bits per heavy atom. The van der Waals surface area contributed by atoms with E-state index in [1.807, 2.05) is 13.0 Å². The molecule has 0 heterocycles. The van der Waals surface area contributed by atoms with Gasteiger partial charge in [0.2, 0.25) is 5.91 Å². The van der Waals surface area contributed by atoms with Crippen LogP contribution in [0, 0.1) is 13.0 Å². The van der Waals surface area contributed by atoms with Crippen LogP contribution in [0.25, 0.3) is 0 Å². The lowest BCUT2D eigenvalue weighted by Gasteiger charge is -1.93. The van der Waals surface area contributed by atoms with E-state index in [0.717, 1.165) is 5.56 Å². The van der Waals surface area contributed by atoms with E-state index in [1.165, 1.54) is 0 Å². The number of primary amides is 1. The van der Waals surface area contributed by atoms with Gasteiger partial charge in [-0.25, -0.2) is 0 Å². The van der Waals surface area contributed by atoms with Gasteiger partial charge in [-0.1, -0.05) is 17.7 Å². The number of rotatable bonds is 1. The Morgan fingerprint density at radius 1 is 1.60 bits per heavy atom. The largest absolute Gasteiger partial charge is 0.366 e. The molecule has 0 spiro atoms. The van der Waals surface area contributed by atoms with Crippen LogP contribution in [0.4, 0.5) is 0 Å². The number of nitrogens with two attached hydrogens (primary N) is 1. The number of carbonyl (C=O) groups excluding carboxylic acids is 1. The fraction of sp³-hybridized carbons (Fsp3) is 0.125. The molecule has 0 bridgehead atoms. The van der Waals surface area contributed by atoms with Gasteiger partial charge in [-0.15, -0.1) is 0 Å². The number of aryl methyl sites for hydroxylation is 1. The van der Waals surface area contributed by atoms with Crippen molar-refractivity contribution in [2.75, 3.05) is 0 Å². The molecule has 0 fully saturated rings. The maximum atomic E-state index is 10.5. The Labute approximate surface area is 59.7 Å². The molecule has 0 saturated heterocycles. The lowest BCUT2D eigenvalue weighted by Crippen LogP contribution is -2.10. The minimum Gasteiger partial charge on any atom is -0.366 e. The summed E-state index contributed by atoms with van der Waals surface area (Å²) in [6.45, 7) is 1.93. The molecule has 1 amide bonds. The molecule has 1 radical (unpaired) electrons. The van der Waals surface area contributed by atoms with Crippen molar-refractivity contribution in [2.24, 2.45) is 5.73 Å². The summed E-state index contributed by atoms with van der Waals surface area (Å²) in [5.41, 5.74) is 6.50. The smallest absolute Gasteiger partial charge is 0.249 e. The van der Waals surface area contributed by atoms with Crippen molar-refractivity contribution in [1.29, 1.82) is 0 Å². The van der Waals surface area contributed by atoms with E-state index in [1.54, 1.807) is 12.1 Å². The molecule has 0 aliphatic carbocycles. The van der Waals surface area contributed by atoms with Crippen LogP contribution in [0.3, 0.4) is 0 Å². The molecule has 10 heavy (non-hydrogen) atoms. The third-order valence-corrected chi connectivity index (χ3v) is 1.23. The molecule has 0 aliphatic heterocycles. The fourth-order valence-corrected chi connectivity index (χ4v) is 0.656. The van der Waals surface area contributed by atoms with Gasteiger partial charge in [-0.3, -0.25) is 4.79 Å². The summed E-state index contributed by atoms with van der Waals surface area (Å²) in [6.07, 6.45) is 0. The van der Waals surface area contributed by atoms with E-state index >= 15 is 0 Å². The van der Waals surface area contributed by atoms with Gasteiger partial charge in [0.15, 0.2) is 0 Å². The molecular formula is C8H8NO. The number of hydrogen-bond acceptors (Lipinski definition) is 1. The Morgan fingerprint density at radius 3 is 2.70 bits per heavy atom. The zero-order chi connectivity index (χ0) is 7.56. The van der Waals surface area contributed by atoms with Gasteiger partial charge < -0.3 is 5.73 Å². The van der Waals surface area contributed by atoms with Crippen LogP contribution in [-0.2, 0) is 0 Å². The highest BCUT2D eigenvalue weighted by Gasteiger charge is 1.96. The molecule has 1 aromatic rings. The molecule has 51 valence electrons. The van der Waals surface area contributed by atoms with Crippen LogP contribution in [0.15, 0.2) is 18.2 Å². The number of hydrogen-bond donors (Lipinski definition) is 1. The van der Waals surface area contributed by atoms with Crippen LogP contribution in [0.5, 0.6) is 0 Å². The first-order valence-corrected chi connectivity index (χ1v) is 2.98. The van der Waals surface area contributed by atoms with E-state index in [4.69, 9.17) is 5.73 Å². The van der Waals surface area contributed by atoms with Crippen molar-refractivity contribution < 1.29 is 4.79 Å². The predicted molar refractivity (Wildman–Crippen MR) is 38.5 cm³/mol.